The first-order valence-corrected chi connectivity index (χ1v) is 5.89. The van der Waals surface area contributed by atoms with E-state index in [-0.39, 0.29) is 17.9 Å². The second-order valence-electron chi connectivity index (χ2n) is 4.11. The number of rotatable bonds is 5. The number of nitrogens with zero attached hydrogens (tertiary/aromatic N) is 1. The third-order valence-corrected chi connectivity index (χ3v) is 2.89. The third kappa shape index (κ3) is 4.24. The van der Waals surface area contributed by atoms with Crippen molar-refractivity contribution in [3.05, 3.63) is 34.9 Å². The van der Waals surface area contributed by atoms with Crippen molar-refractivity contribution < 1.29 is 5.21 Å². The molecule has 0 bridgehead atoms. The van der Waals surface area contributed by atoms with Crippen molar-refractivity contribution in [1.29, 1.82) is 0 Å². The van der Waals surface area contributed by atoms with Gasteiger partial charge in [0, 0.05) is 23.5 Å². The van der Waals surface area contributed by atoms with Gasteiger partial charge in [-0.3, -0.25) is 0 Å². The second kappa shape index (κ2) is 6.47. The number of halogens is 1. The average Bonchev–Trinajstić information content (AvgIpc) is 2.29. The van der Waals surface area contributed by atoms with Crippen LogP contribution in [0, 0.1) is 0 Å². The zero-order valence-corrected chi connectivity index (χ0v) is 10.8. The van der Waals surface area contributed by atoms with Crippen molar-refractivity contribution in [2.75, 3.05) is 0 Å². The van der Waals surface area contributed by atoms with Crippen LogP contribution in [-0.2, 0) is 0 Å². The Kier molecular flexibility index (Phi) is 5.25. The van der Waals surface area contributed by atoms with Crippen LogP contribution >= 0.6 is 11.6 Å². The van der Waals surface area contributed by atoms with E-state index in [2.05, 4.69) is 10.5 Å². The van der Waals surface area contributed by atoms with Gasteiger partial charge in [0.2, 0.25) is 0 Å². The van der Waals surface area contributed by atoms with E-state index in [1.807, 2.05) is 38.1 Å². The molecule has 0 aliphatic heterocycles. The lowest BCUT2D eigenvalue weighted by atomic mass is 10.1. The Morgan fingerprint density at radius 1 is 1.47 bits per heavy atom. The predicted molar refractivity (Wildman–Crippen MR) is 70.5 cm³/mol. The minimum atomic E-state index is 0.108. The molecular formula is C12H18ClN3O. The van der Waals surface area contributed by atoms with Crippen LogP contribution in [0.25, 0.3) is 0 Å². The van der Waals surface area contributed by atoms with E-state index in [9.17, 15) is 0 Å². The van der Waals surface area contributed by atoms with Crippen LogP contribution in [0.4, 0.5) is 0 Å². The Balaban J connectivity index is 2.60. The third-order valence-electron chi connectivity index (χ3n) is 2.55. The molecule has 2 atom stereocenters. The number of nitrogens with one attached hydrogen (secondary N) is 1. The molecule has 94 valence electrons. The molecule has 1 rings (SSSR count). The van der Waals surface area contributed by atoms with Gasteiger partial charge >= 0.3 is 0 Å². The van der Waals surface area contributed by atoms with Gasteiger partial charge in [-0.25, -0.2) is 0 Å². The highest BCUT2D eigenvalue weighted by Gasteiger charge is 2.12. The van der Waals surface area contributed by atoms with Gasteiger partial charge in [-0.2, -0.15) is 0 Å². The number of benzene rings is 1. The standard InChI is InChI=1S/C12H18ClN3O/c1-8(7-12(14)16-17)15-9(2)10-5-3-4-6-11(10)13/h3-6,8-9,15,17H,7H2,1-2H3,(H2,14,16). The van der Waals surface area contributed by atoms with Crippen molar-refractivity contribution in [2.24, 2.45) is 10.9 Å². The molecule has 0 aromatic heterocycles. The maximum atomic E-state index is 8.49. The molecule has 0 saturated carbocycles. The average molecular weight is 256 g/mol. The van der Waals surface area contributed by atoms with E-state index in [0.29, 0.717) is 6.42 Å². The lowest BCUT2D eigenvalue weighted by Crippen LogP contribution is -2.33. The van der Waals surface area contributed by atoms with Crippen molar-refractivity contribution in [2.45, 2.75) is 32.4 Å². The fourth-order valence-corrected chi connectivity index (χ4v) is 2.06. The summed E-state index contributed by atoms with van der Waals surface area (Å²) in [6.45, 7) is 4.01. The minimum absolute atomic E-state index is 0.108. The first-order valence-electron chi connectivity index (χ1n) is 5.51. The van der Waals surface area contributed by atoms with E-state index in [0.717, 1.165) is 10.6 Å². The molecule has 5 heteroatoms. The summed E-state index contributed by atoms with van der Waals surface area (Å²) in [6, 6.07) is 7.92. The maximum Gasteiger partial charge on any atom is 0.140 e. The molecular weight excluding hydrogens is 238 g/mol. The van der Waals surface area contributed by atoms with Crippen molar-refractivity contribution in [1.82, 2.24) is 5.32 Å². The normalized spacial score (nSPS) is 15.6. The number of hydrogen-bond acceptors (Lipinski definition) is 3. The predicted octanol–water partition coefficient (Wildman–Crippen LogP) is 2.52. The molecule has 0 aliphatic rings. The number of oxime groups is 1. The van der Waals surface area contributed by atoms with E-state index in [1.165, 1.54) is 0 Å². The van der Waals surface area contributed by atoms with Crippen molar-refractivity contribution in [3.63, 3.8) is 0 Å². The van der Waals surface area contributed by atoms with Gasteiger partial charge in [-0.05, 0) is 25.5 Å². The fourth-order valence-electron chi connectivity index (χ4n) is 1.76. The molecule has 1 aromatic carbocycles. The quantitative estimate of drug-likeness (QED) is 0.328. The summed E-state index contributed by atoms with van der Waals surface area (Å²) in [5.41, 5.74) is 6.49. The Morgan fingerprint density at radius 3 is 2.71 bits per heavy atom. The molecule has 0 aliphatic carbocycles. The summed E-state index contributed by atoms with van der Waals surface area (Å²) in [7, 11) is 0. The smallest absolute Gasteiger partial charge is 0.140 e. The van der Waals surface area contributed by atoms with Crippen LogP contribution in [0.15, 0.2) is 29.4 Å². The van der Waals surface area contributed by atoms with Crippen LogP contribution in [-0.4, -0.2) is 17.1 Å². The van der Waals surface area contributed by atoms with Gasteiger partial charge in [0.05, 0.1) is 0 Å². The Hall–Kier alpha value is -1.26. The zero-order chi connectivity index (χ0) is 12.8. The van der Waals surface area contributed by atoms with Crippen LogP contribution in [0.5, 0.6) is 0 Å². The van der Waals surface area contributed by atoms with Gasteiger partial charge in [-0.15, -0.1) is 0 Å². The largest absolute Gasteiger partial charge is 0.409 e. The molecule has 17 heavy (non-hydrogen) atoms. The second-order valence-corrected chi connectivity index (χ2v) is 4.51. The van der Waals surface area contributed by atoms with Gasteiger partial charge in [0.1, 0.15) is 5.84 Å². The molecule has 0 amide bonds. The first kappa shape index (κ1) is 13.8. The van der Waals surface area contributed by atoms with Crippen molar-refractivity contribution >= 4 is 17.4 Å². The highest BCUT2D eigenvalue weighted by molar-refractivity contribution is 6.31. The maximum absolute atomic E-state index is 8.49. The highest BCUT2D eigenvalue weighted by atomic mass is 35.5. The molecule has 0 saturated heterocycles. The summed E-state index contributed by atoms with van der Waals surface area (Å²) in [6.07, 6.45) is 0.491. The Bertz CT molecular complexity index is 395. The summed E-state index contributed by atoms with van der Waals surface area (Å²) >= 11 is 6.11. The van der Waals surface area contributed by atoms with E-state index in [1.54, 1.807) is 0 Å². The van der Waals surface area contributed by atoms with Gasteiger partial charge in [0.15, 0.2) is 0 Å². The number of amidine groups is 1. The van der Waals surface area contributed by atoms with Gasteiger partial charge in [-0.1, -0.05) is 35.0 Å². The molecule has 2 unspecified atom stereocenters. The van der Waals surface area contributed by atoms with Crippen LogP contribution in [0.3, 0.4) is 0 Å². The van der Waals surface area contributed by atoms with Gasteiger partial charge in [0.25, 0.3) is 0 Å². The van der Waals surface area contributed by atoms with Crippen LogP contribution < -0.4 is 11.1 Å². The van der Waals surface area contributed by atoms with E-state index < -0.39 is 0 Å². The first-order chi connectivity index (χ1) is 8.04. The Morgan fingerprint density at radius 2 is 2.12 bits per heavy atom. The molecule has 0 fully saturated rings. The molecule has 4 N–H and O–H groups in total. The van der Waals surface area contributed by atoms with E-state index in [4.69, 9.17) is 22.5 Å². The molecule has 4 nitrogen and oxygen atoms in total. The Labute approximate surface area is 106 Å². The zero-order valence-electron chi connectivity index (χ0n) is 10.0. The van der Waals surface area contributed by atoms with Crippen molar-refractivity contribution in [3.8, 4) is 0 Å². The fraction of sp³-hybridized carbons (Fsp3) is 0.417. The van der Waals surface area contributed by atoms with Crippen LogP contribution in [0.1, 0.15) is 31.9 Å². The molecule has 0 heterocycles. The lowest BCUT2D eigenvalue weighted by molar-refractivity contribution is 0.315. The summed E-state index contributed by atoms with van der Waals surface area (Å²) in [5, 5.41) is 15.5. The molecule has 1 aromatic rings. The lowest BCUT2D eigenvalue weighted by Gasteiger charge is -2.20. The SMILES string of the molecule is CC(CC(N)=NO)NC(C)c1ccccc1Cl. The summed E-state index contributed by atoms with van der Waals surface area (Å²) in [4.78, 5) is 0. The van der Waals surface area contributed by atoms with Crippen LogP contribution in [0.2, 0.25) is 5.02 Å². The van der Waals surface area contributed by atoms with E-state index >= 15 is 0 Å². The summed E-state index contributed by atoms with van der Waals surface area (Å²) in [5.74, 6) is 0.219. The molecule has 0 radical (unpaired) electrons. The summed E-state index contributed by atoms with van der Waals surface area (Å²) < 4.78 is 0. The monoisotopic (exact) mass is 255 g/mol. The highest BCUT2D eigenvalue weighted by Crippen LogP contribution is 2.22. The topological polar surface area (TPSA) is 70.6 Å². The number of hydrogen-bond donors (Lipinski definition) is 3. The number of nitrogens with two attached hydrogens (primary N) is 1. The minimum Gasteiger partial charge on any atom is -0.409 e. The molecule has 0 spiro atoms. The van der Waals surface area contributed by atoms with Gasteiger partial charge < -0.3 is 16.3 Å².